The van der Waals surface area contributed by atoms with Gasteiger partial charge in [0.2, 0.25) is 11.8 Å². The van der Waals surface area contributed by atoms with E-state index in [1.807, 2.05) is 82.3 Å². The van der Waals surface area contributed by atoms with Gasteiger partial charge in [0, 0.05) is 50.7 Å². The largest absolute Gasteiger partial charge is 0.508 e. The Morgan fingerprint density at radius 1 is 0.500 bits per heavy atom. The predicted molar refractivity (Wildman–Crippen MR) is 396 cm³/mol. The minimum atomic E-state index is -1.83. The summed E-state index contributed by atoms with van der Waals surface area (Å²) in [4.78, 5) is 83.8. The summed E-state index contributed by atoms with van der Waals surface area (Å²) >= 11 is 0. The van der Waals surface area contributed by atoms with Gasteiger partial charge in [0.05, 0.1) is 25.4 Å². The number of phenols is 2. The standard InChI is InChI=1S/C38H49BN2O9.C32H39BN2O9.4H2S/c1-36(2,3)48-35(45)41(8)31(23-25-15-18-28(42)19-16-25)33(43)40-30(34(44)47-24-26-13-11-10-12-14-26)22-27-17-20-32(46-9)29(21-27)39-49-37(4,5)38(6,7)50-39;1-32(2,3)44-31(39)35(4)27(19-21-11-14-24(36)15-12-21)29(37)34-26(30(38)43-20-22-9-7-6-8-10-22)18-23-13-16-28(42-5)25(17-23)33(40)41;;;;/h10-21,30-31,42H,22-24H2,1-9H3,(H,40,43);6-17,26-27,36,40-41H,18-20H2,1-5H3,(H,34,37);4*1H2/t30-,31-;26-,27-;;;;/m00..../s1. The van der Waals surface area contributed by atoms with Crippen LogP contribution in [0.2, 0.25) is 0 Å². The third kappa shape index (κ3) is 25.9. The molecule has 4 atom stereocenters. The van der Waals surface area contributed by atoms with Crippen molar-refractivity contribution in [1.29, 1.82) is 0 Å². The highest BCUT2D eigenvalue weighted by molar-refractivity contribution is 7.59. The molecule has 1 saturated heterocycles. The molecule has 7 rings (SSSR count). The Morgan fingerprint density at radius 3 is 1.19 bits per heavy atom. The van der Waals surface area contributed by atoms with Gasteiger partial charge in [-0.25, -0.2) is 19.2 Å². The number of carbonyl (C=O) groups is 6. The molecule has 0 aliphatic carbocycles. The van der Waals surface area contributed by atoms with Crippen LogP contribution < -0.4 is 31.0 Å². The van der Waals surface area contributed by atoms with E-state index in [1.165, 1.54) is 62.5 Å². The monoisotopic (exact) mass is 1430 g/mol. The molecule has 0 radical (unpaired) electrons. The van der Waals surface area contributed by atoms with Crippen LogP contribution >= 0.6 is 54.0 Å². The first-order valence-corrected chi connectivity index (χ1v) is 30.7. The summed E-state index contributed by atoms with van der Waals surface area (Å²) in [6.45, 7) is 18.1. The van der Waals surface area contributed by atoms with Gasteiger partial charge in [-0.3, -0.25) is 19.4 Å². The van der Waals surface area contributed by atoms with Crippen molar-refractivity contribution in [2.24, 2.45) is 0 Å². The Hall–Kier alpha value is -7.69. The van der Waals surface area contributed by atoms with Gasteiger partial charge in [-0.15, -0.1) is 0 Å². The first-order valence-electron chi connectivity index (χ1n) is 30.7. The van der Waals surface area contributed by atoms with Crippen LogP contribution in [0.5, 0.6) is 23.0 Å². The molecule has 534 valence electrons. The van der Waals surface area contributed by atoms with Gasteiger partial charge >= 0.3 is 38.4 Å². The molecule has 0 unspecified atom stereocenters. The smallest absolute Gasteiger partial charge is 0.498 e. The van der Waals surface area contributed by atoms with Crippen LogP contribution in [-0.2, 0) is 86.3 Å². The van der Waals surface area contributed by atoms with E-state index < -0.39 is 96.7 Å². The summed E-state index contributed by atoms with van der Waals surface area (Å²) in [5, 5.41) is 44.8. The number of amides is 4. The molecule has 98 heavy (non-hydrogen) atoms. The summed E-state index contributed by atoms with van der Waals surface area (Å²) in [6, 6.07) is 36.3. The SMILES string of the molecule is COc1ccc(C[C@H](NC(=O)[C@H](Cc2ccc(O)cc2)N(C)C(=O)OC(C)(C)C)C(=O)OCc2ccccc2)cc1B(O)O.COc1ccc(C[C@H](NC(=O)[C@H](Cc2ccc(O)cc2)N(C)C(=O)OC(C)(C)C)C(=O)OCc2ccccc2)cc1B1OC(C)(C)C(C)(C)O1.S.S.S.S. The van der Waals surface area contributed by atoms with Crippen molar-refractivity contribution in [3.05, 3.63) is 179 Å². The summed E-state index contributed by atoms with van der Waals surface area (Å²) in [5.74, 6) is -1.72. The van der Waals surface area contributed by atoms with Crippen molar-refractivity contribution in [2.45, 2.75) is 155 Å². The Balaban J connectivity index is 0.000000645. The molecule has 6 aromatic rings. The van der Waals surface area contributed by atoms with E-state index in [0.717, 1.165) is 16.0 Å². The maximum atomic E-state index is 14.1. The quantitative estimate of drug-likeness (QED) is 0.0192. The number of carbonyl (C=O) groups excluding carboxylic acids is 6. The lowest BCUT2D eigenvalue weighted by Crippen LogP contribution is -2.54. The van der Waals surface area contributed by atoms with Crippen LogP contribution in [0.4, 0.5) is 9.59 Å². The number of hydrogen-bond acceptors (Lipinski definition) is 18. The zero-order valence-electron chi connectivity index (χ0n) is 58.0. The van der Waals surface area contributed by atoms with E-state index >= 15 is 0 Å². The van der Waals surface area contributed by atoms with Crippen molar-refractivity contribution in [3.63, 3.8) is 0 Å². The number of nitrogens with zero attached hydrogens (tertiary/aromatic N) is 2. The molecule has 1 aliphatic rings. The second-order valence-electron chi connectivity index (χ2n) is 25.8. The highest BCUT2D eigenvalue weighted by atomic mass is 32.1. The Kier molecular flexibility index (Phi) is 34.0. The normalized spacial score (nSPS) is 13.9. The number of phenolic OH excluding ortho intramolecular Hbond substituents is 2. The molecule has 28 heteroatoms. The Morgan fingerprint density at radius 2 is 0.847 bits per heavy atom. The van der Waals surface area contributed by atoms with Gasteiger partial charge in [-0.1, -0.05) is 109 Å². The zero-order valence-corrected chi connectivity index (χ0v) is 62.0. The van der Waals surface area contributed by atoms with E-state index in [0.29, 0.717) is 33.5 Å². The van der Waals surface area contributed by atoms with Crippen LogP contribution in [0.1, 0.15) is 103 Å². The number of rotatable bonds is 24. The van der Waals surface area contributed by atoms with Crippen molar-refractivity contribution in [2.75, 3.05) is 28.3 Å². The lowest BCUT2D eigenvalue weighted by atomic mass is 9.77. The molecule has 22 nitrogen and oxygen atoms in total. The van der Waals surface area contributed by atoms with Crippen molar-refractivity contribution < 1.29 is 86.8 Å². The summed E-state index contributed by atoms with van der Waals surface area (Å²) in [5.41, 5.74) is 1.96. The molecule has 1 fully saturated rings. The van der Waals surface area contributed by atoms with E-state index in [2.05, 4.69) is 10.6 Å². The minimum absolute atomic E-state index is 0. The molecular weight excluding hydrogens is 1330 g/mol. The molecule has 6 aromatic carbocycles. The molecule has 0 spiro atoms. The summed E-state index contributed by atoms with van der Waals surface area (Å²) < 4.78 is 45.8. The topological polar surface area (TPSA) is 288 Å². The van der Waals surface area contributed by atoms with E-state index in [4.69, 9.17) is 37.7 Å². The lowest BCUT2D eigenvalue weighted by Gasteiger charge is -2.32. The number of hydrogen-bond donors (Lipinski definition) is 6. The van der Waals surface area contributed by atoms with E-state index in [9.17, 15) is 49.0 Å². The number of likely N-dealkylation sites (N-methyl/N-ethyl adjacent to an activating group) is 2. The van der Waals surface area contributed by atoms with Crippen LogP contribution in [0, 0.1) is 0 Å². The number of ether oxygens (including phenoxy) is 6. The predicted octanol–water partition coefficient (Wildman–Crippen LogP) is 7.73. The molecule has 1 heterocycles. The van der Waals surface area contributed by atoms with Crippen LogP contribution in [0.25, 0.3) is 0 Å². The van der Waals surface area contributed by atoms with E-state index in [1.54, 1.807) is 103 Å². The van der Waals surface area contributed by atoms with Gasteiger partial charge in [0.15, 0.2) is 0 Å². The first-order chi connectivity index (χ1) is 44.2. The number of methoxy groups -OCH3 is 2. The number of nitrogens with one attached hydrogen (secondary N) is 2. The molecule has 0 aromatic heterocycles. The highest BCUT2D eigenvalue weighted by Crippen LogP contribution is 2.37. The van der Waals surface area contributed by atoms with Gasteiger partial charge in [-0.05, 0) is 139 Å². The molecule has 0 bridgehead atoms. The molecular formula is C70H96B2N4O18S4. The van der Waals surface area contributed by atoms with Gasteiger partial charge in [-0.2, -0.15) is 54.0 Å². The van der Waals surface area contributed by atoms with Crippen LogP contribution in [-0.4, -0.2) is 155 Å². The maximum Gasteiger partial charge on any atom is 0.498 e. The molecule has 6 N–H and O–H groups in total. The van der Waals surface area contributed by atoms with Crippen molar-refractivity contribution in [3.8, 4) is 23.0 Å². The van der Waals surface area contributed by atoms with E-state index in [-0.39, 0.29) is 116 Å². The van der Waals surface area contributed by atoms with Crippen LogP contribution in [0.15, 0.2) is 146 Å². The number of aromatic hydroxyl groups is 2. The number of esters is 2. The van der Waals surface area contributed by atoms with Crippen LogP contribution in [0.3, 0.4) is 0 Å². The third-order valence-electron chi connectivity index (χ3n) is 15.5. The number of benzene rings is 6. The summed E-state index contributed by atoms with van der Waals surface area (Å²) in [6.07, 6.45) is -1.32. The lowest BCUT2D eigenvalue weighted by molar-refractivity contribution is -0.150. The second kappa shape index (κ2) is 38.6. The minimum Gasteiger partial charge on any atom is -0.508 e. The fourth-order valence-corrected chi connectivity index (χ4v) is 9.67. The molecule has 0 saturated carbocycles. The fourth-order valence-electron chi connectivity index (χ4n) is 9.67. The average Bonchev–Trinajstić information content (AvgIpc) is 1.60. The fraction of sp³-hybridized carbons (Fsp3) is 0.400. The Labute approximate surface area is 603 Å². The Bertz CT molecular complexity index is 3520. The highest BCUT2D eigenvalue weighted by Gasteiger charge is 2.52. The zero-order chi connectivity index (χ0) is 69.3. The third-order valence-corrected chi connectivity index (χ3v) is 15.5. The maximum absolute atomic E-state index is 14.1. The van der Waals surface area contributed by atoms with Gasteiger partial charge in [0.25, 0.3) is 0 Å². The van der Waals surface area contributed by atoms with Crippen molar-refractivity contribution >= 4 is 115 Å². The van der Waals surface area contributed by atoms with Gasteiger partial charge in [0.1, 0.15) is 71.6 Å². The average molecular weight is 1430 g/mol. The second-order valence-corrected chi connectivity index (χ2v) is 25.8. The van der Waals surface area contributed by atoms with Gasteiger partial charge < -0.3 is 68.6 Å². The molecule has 1 aliphatic heterocycles. The first kappa shape index (κ1) is 86.4. The molecule has 4 amide bonds. The van der Waals surface area contributed by atoms with Crippen molar-refractivity contribution in [1.82, 2.24) is 20.4 Å². The summed E-state index contributed by atoms with van der Waals surface area (Å²) in [7, 11) is 3.29.